The molecular formula is C38H38IrN2-2. The van der Waals surface area contributed by atoms with Crippen LogP contribution in [0.3, 0.4) is 0 Å². The van der Waals surface area contributed by atoms with Crippen molar-refractivity contribution < 1.29 is 20.1 Å². The molecule has 1 radical (unpaired) electrons. The van der Waals surface area contributed by atoms with Crippen molar-refractivity contribution in [3.8, 4) is 22.5 Å². The van der Waals surface area contributed by atoms with Gasteiger partial charge in [0, 0.05) is 32.5 Å². The van der Waals surface area contributed by atoms with E-state index in [0.717, 1.165) is 34.9 Å². The minimum Gasteiger partial charge on any atom is -0.305 e. The summed E-state index contributed by atoms with van der Waals surface area (Å²) in [5, 5.41) is 0. The van der Waals surface area contributed by atoms with Crippen molar-refractivity contribution in [1.82, 2.24) is 9.97 Å². The standard InChI is InChI=1S/C19H22N.C19H16N.Ir/c1-15-14-20-19(17-10-6-3-7-11-17)13-18(15)12-16-8-4-2-5-9-16;1-15-13-18(19-9-5-6-12-20-19)11-10-17(15)14-16-7-3-2-4-8-16;/h3,6-7,10,13-14,16H,2,4-5,8-9,12H2,1H3;2-10,12-13H,14H2,1H3;/q2*-1;. The first-order valence-corrected chi connectivity index (χ1v) is 14.5. The summed E-state index contributed by atoms with van der Waals surface area (Å²) in [6.45, 7) is 4.34. The van der Waals surface area contributed by atoms with Crippen LogP contribution in [0.5, 0.6) is 0 Å². The van der Waals surface area contributed by atoms with Crippen molar-refractivity contribution in [3.63, 3.8) is 0 Å². The molecule has 0 aliphatic heterocycles. The van der Waals surface area contributed by atoms with Crippen molar-refractivity contribution in [2.45, 2.75) is 58.8 Å². The predicted octanol–water partition coefficient (Wildman–Crippen LogP) is 9.43. The molecule has 1 aliphatic carbocycles. The van der Waals surface area contributed by atoms with Gasteiger partial charge >= 0.3 is 0 Å². The predicted molar refractivity (Wildman–Crippen MR) is 166 cm³/mol. The second-order valence-corrected chi connectivity index (χ2v) is 10.9. The molecule has 2 heterocycles. The Hall–Kier alpha value is -3.39. The van der Waals surface area contributed by atoms with E-state index < -0.39 is 0 Å². The van der Waals surface area contributed by atoms with Gasteiger partial charge in [-0.1, -0.05) is 98.7 Å². The summed E-state index contributed by atoms with van der Waals surface area (Å²) in [7, 11) is 0. The summed E-state index contributed by atoms with van der Waals surface area (Å²) in [6.07, 6.45) is 13.0. The Labute approximate surface area is 259 Å². The molecule has 3 heteroatoms. The number of aromatic nitrogens is 2. The Balaban J connectivity index is 0.000000184. The molecule has 3 aromatic carbocycles. The fourth-order valence-electron chi connectivity index (χ4n) is 5.49. The number of aryl methyl sites for hydroxylation is 2. The Kier molecular flexibility index (Phi) is 11.6. The maximum Gasteiger partial charge on any atom is 0.0192 e. The molecule has 41 heavy (non-hydrogen) atoms. The van der Waals surface area contributed by atoms with E-state index >= 15 is 0 Å². The van der Waals surface area contributed by atoms with Gasteiger partial charge in [0.25, 0.3) is 0 Å². The molecule has 1 saturated carbocycles. The van der Waals surface area contributed by atoms with Gasteiger partial charge in [0.2, 0.25) is 0 Å². The van der Waals surface area contributed by atoms with E-state index in [1.165, 1.54) is 66.3 Å². The normalized spacial score (nSPS) is 13.0. The topological polar surface area (TPSA) is 25.8 Å². The van der Waals surface area contributed by atoms with E-state index in [-0.39, 0.29) is 20.1 Å². The number of hydrogen-bond donors (Lipinski definition) is 0. The van der Waals surface area contributed by atoms with Crippen molar-refractivity contribution >= 4 is 0 Å². The van der Waals surface area contributed by atoms with Gasteiger partial charge in [-0.2, -0.15) is 0 Å². The van der Waals surface area contributed by atoms with E-state index in [2.05, 4.69) is 84.5 Å². The second kappa shape index (κ2) is 15.6. The van der Waals surface area contributed by atoms with Crippen LogP contribution in [-0.4, -0.2) is 9.97 Å². The molecule has 0 saturated heterocycles. The van der Waals surface area contributed by atoms with Gasteiger partial charge < -0.3 is 9.97 Å². The second-order valence-electron chi connectivity index (χ2n) is 10.9. The maximum atomic E-state index is 4.57. The smallest absolute Gasteiger partial charge is 0.0192 e. The van der Waals surface area contributed by atoms with Crippen LogP contribution in [0.15, 0.2) is 103 Å². The number of hydrogen-bond acceptors (Lipinski definition) is 2. The van der Waals surface area contributed by atoms with Gasteiger partial charge in [0.05, 0.1) is 0 Å². The first-order valence-electron chi connectivity index (χ1n) is 14.5. The molecule has 0 unspecified atom stereocenters. The van der Waals surface area contributed by atoms with Gasteiger partial charge in [0.15, 0.2) is 0 Å². The zero-order valence-corrected chi connectivity index (χ0v) is 26.5. The van der Waals surface area contributed by atoms with Crippen LogP contribution in [0.1, 0.15) is 59.9 Å². The summed E-state index contributed by atoms with van der Waals surface area (Å²) in [5.74, 6) is 0.873. The summed E-state index contributed by atoms with van der Waals surface area (Å²) in [4.78, 5) is 8.94. The van der Waals surface area contributed by atoms with Crippen molar-refractivity contribution in [3.05, 3.63) is 143 Å². The average Bonchev–Trinajstić information content (AvgIpc) is 3.01. The van der Waals surface area contributed by atoms with Crippen molar-refractivity contribution in [2.24, 2.45) is 5.92 Å². The molecule has 0 bridgehead atoms. The first kappa shape index (κ1) is 30.6. The number of benzene rings is 3. The van der Waals surface area contributed by atoms with Gasteiger partial charge in [-0.15, -0.1) is 70.8 Å². The van der Waals surface area contributed by atoms with E-state index in [1.54, 1.807) is 0 Å². The van der Waals surface area contributed by atoms with E-state index in [0.29, 0.717) is 0 Å². The van der Waals surface area contributed by atoms with Crippen LogP contribution in [0.4, 0.5) is 0 Å². The summed E-state index contributed by atoms with van der Waals surface area (Å²) >= 11 is 0. The van der Waals surface area contributed by atoms with Crippen LogP contribution in [0.25, 0.3) is 22.5 Å². The fourth-order valence-corrected chi connectivity index (χ4v) is 5.49. The number of rotatable bonds is 6. The molecule has 1 aliphatic rings. The molecule has 0 atom stereocenters. The third kappa shape index (κ3) is 8.80. The Morgan fingerprint density at radius 1 is 0.707 bits per heavy atom. The minimum absolute atomic E-state index is 0. The largest absolute Gasteiger partial charge is 0.305 e. The van der Waals surface area contributed by atoms with Gasteiger partial charge in [-0.3, -0.25) is 0 Å². The van der Waals surface area contributed by atoms with Crippen molar-refractivity contribution in [1.29, 1.82) is 0 Å². The SMILES string of the molecule is Cc1cc(-c2ccccn2)[c-]cc1Cc1ccccc1.Cc1cnc(-c2[c-]cccc2)cc1CC1CCCCC1.[Ir]. The van der Waals surface area contributed by atoms with Gasteiger partial charge in [-0.25, -0.2) is 0 Å². The molecule has 2 aromatic heterocycles. The van der Waals surface area contributed by atoms with Crippen LogP contribution in [0.2, 0.25) is 0 Å². The number of nitrogens with zero attached hydrogens (tertiary/aromatic N) is 2. The zero-order valence-electron chi connectivity index (χ0n) is 24.1. The fraction of sp³-hybridized carbons (Fsp3) is 0.263. The summed E-state index contributed by atoms with van der Waals surface area (Å²) in [5.41, 5.74) is 10.9. The van der Waals surface area contributed by atoms with E-state index in [1.807, 2.05) is 54.9 Å². The quantitative estimate of drug-likeness (QED) is 0.164. The van der Waals surface area contributed by atoms with E-state index in [9.17, 15) is 0 Å². The Bertz CT molecular complexity index is 1480. The monoisotopic (exact) mass is 715 g/mol. The molecule has 1 fully saturated rings. The first-order chi connectivity index (χ1) is 19.7. The van der Waals surface area contributed by atoms with Crippen LogP contribution < -0.4 is 0 Å². The molecule has 0 N–H and O–H groups in total. The Morgan fingerprint density at radius 2 is 1.49 bits per heavy atom. The molecule has 2 nitrogen and oxygen atoms in total. The van der Waals surface area contributed by atoms with Crippen LogP contribution in [-0.2, 0) is 32.9 Å². The third-order valence-corrected chi connectivity index (χ3v) is 7.88. The zero-order chi connectivity index (χ0) is 27.6. The van der Waals surface area contributed by atoms with Gasteiger partial charge in [-0.05, 0) is 48.7 Å². The molecule has 211 valence electrons. The summed E-state index contributed by atoms with van der Waals surface area (Å²) in [6, 6.07) is 37.7. The summed E-state index contributed by atoms with van der Waals surface area (Å²) < 4.78 is 0. The molecule has 0 amide bonds. The molecular weight excluding hydrogens is 677 g/mol. The molecule has 6 rings (SSSR count). The minimum atomic E-state index is 0. The van der Waals surface area contributed by atoms with Crippen LogP contribution in [0, 0.1) is 31.9 Å². The maximum absolute atomic E-state index is 4.57. The average molecular weight is 715 g/mol. The van der Waals surface area contributed by atoms with Crippen LogP contribution >= 0.6 is 0 Å². The number of pyridine rings is 2. The van der Waals surface area contributed by atoms with Crippen molar-refractivity contribution in [2.75, 3.05) is 0 Å². The molecule has 0 spiro atoms. The Morgan fingerprint density at radius 3 is 2.20 bits per heavy atom. The van der Waals surface area contributed by atoms with E-state index in [4.69, 9.17) is 0 Å². The molecule has 5 aromatic rings. The van der Waals surface area contributed by atoms with Gasteiger partial charge in [0.1, 0.15) is 0 Å². The third-order valence-electron chi connectivity index (χ3n) is 7.88.